The van der Waals surface area contributed by atoms with Gasteiger partial charge in [-0.3, -0.25) is 9.59 Å². The molecule has 1 atom stereocenters. The Labute approximate surface area is 153 Å². The molecule has 3 rings (SSSR count). The van der Waals surface area contributed by atoms with E-state index in [1.54, 1.807) is 4.90 Å². The number of hydrogen-bond donors (Lipinski definition) is 2. The van der Waals surface area contributed by atoms with Crippen molar-refractivity contribution < 1.29 is 9.59 Å². The number of rotatable bonds is 5. The number of fused-ring (bicyclic) bond motifs is 1. The molecule has 2 amide bonds. The fourth-order valence-corrected chi connectivity index (χ4v) is 3.03. The van der Waals surface area contributed by atoms with Gasteiger partial charge in [0.15, 0.2) is 0 Å². The zero-order valence-electron chi connectivity index (χ0n) is 15.2. The lowest BCUT2D eigenvalue weighted by atomic mass is 10.1. The number of carbonyl (C=O) groups is 2. The second kappa shape index (κ2) is 7.70. The Morgan fingerprint density at radius 1 is 1.27 bits per heavy atom. The molecule has 0 fully saturated rings. The molecule has 0 unspecified atom stereocenters. The molecule has 2 aromatic rings. The van der Waals surface area contributed by atoms with Crippen LogP contribution in [-0.4, -0.2) is 45.6 Å². The number of benzene rings is 1. The fraction of sp³-hybridized carbons (Fsp3) is 0.421. The number of hydrogen-bond acceptors (Lipinski definition) is 4. The summed E-state index contributed by atoms with van der Waals surface area (Å²) in [6.45, 7) is 4.84. The standard InChI is InChI=1S/C19H25N5O2/c1-13(2)18(20)19(26)21-11-17(25)23-9-8-16-14(12-23)10-22-24(16)15-6-4-3-5-7-15/h3-7,10,13,18H,8-9,11-12,20H2,1-2H3,(H,21,26)/t18-/m0/s1. The SMILES string of the molecule is CC(C)[C@H](N)C(=O)NCC(=O)N1CCc2c(cnn2-c2ccccc2)C1. The van der Waals surface area contributed by atoms with Gasteiger partial charge in [-0.25, -0.2) is 4.68 Å². The molecule has 0 spiro atoms. The van der Waals surface area contributed by atoms with Crippen LogP contribution in [0.25, 0.3) is 5.69 Å². The minimum atomic E-state index is -0.597. The first-order valence-electron chi connectivity index (χ1n) is 8.89. The maximum Gasteiger partial charge on any atom is 0.242 e. The van der Waals surface area contributed by atoms with Crippen molar-refractivity contribution in [3.8, 4) is 5.69 Å². The normalized spacial score (nSPS) is 14.8. The zero-order valence-corrected chi connectivity index (χ0v) is 15.2. The van der Waals surface area contributed by atoms with E-state index in [2.05, 4.69) is 10.4 Å². The summed E-state index contributed by atoms with van der Waals surface area (Å²) >= 11 is 0. The third-order valence-electron chi connectivity index (χ3n) is 4.72. The highest BCUT2D eigenvalue weighted by atomic mass is 16.2. The van der Waals surface area contributed by atoms with Crippen LogP contribution >= 0.6 is 0 Å². The molecule has 0 radical (unpaired) electrons. The summed E-state index contributed by atoms with van der Waals surface area (Å²) in [6.07, 6.45) is 2.55. The van der Waals surface area contributed by atoms with E-state index in [9.17, 15) is 9.59 Å². The van der Waals surface area contributed by atoms with E-state index < -0.39 is 6.04 Å². The highest BCUT2D eigenvalue weighted by Crippen LogP contribution is 2.21. The largest absolute Gasteiger partial charge is 0.346 e. The van der Waals surface area contributed by atoms with Gasteiger partial charge in [-0.1, -0.05) is 32.0 Å². The molecular weight excluding hydrogens is 330 g/mol. The molecule has 1 aliphatic heterocycles. The van der Waals surface area contributed by atoms with Crippen molar-refractivity contribution >= 4 is 11.8 Å². The predicted molar refractivity (Wildman–Crippen MR) is 98.5 cm³/mol. The van der Waals surface area contributed by atoms with Gasteiger partial charge in [0.2, 0.25) is 11.8 Å². The quantitative estimate of drug-likeness (QED) is 0.832. The van der Waals surface area contributed by atoms with Gasteiger partial charge < -0.3 is 16.0 Å². The minimum absolute atomic E-state index is 0.0264. The number of nitrogens with one attached hydrogen (secondary N) is 1. The van der Waals surface area contributed by atoms with E-state index in [-0.39, 0.29) is 24.3 Å². The summed E-state index contributed by atoms with van der Waals surface area (Å²) in [4.78, 5) is 26.1. The Bertz CT molecular complexity index is 784. The molecule has 0 saturated carbocycles. The molecule has 0 aliphatic carbocycles. The molecule has 1 aromatic heterocycles. The predicted octanol–water partition coefficient (Wildman–Crippen LogP) is 0.857. The molecule has 7 nitrogen and oxygen atoms in total. The monoisotopic (exact) mass is 355 g/mol. The van der Waals surface area contributed by atoms with E-state index in [0.29, 0.717) is 13.1 Å². The molecule has 2 heterocycles. The van der Waals surface area contributed by atoms with E-state index in [4.69, 9.17) is 5.73 Å². The van der Waals surface area contributed by atoms with Crippen molar-refractivity contribution in [2.24, 2.45) is 11.7 Å². The summed E-state index contributed by atoms with van der Waals surface area (Å²) < 4.78 is 1.93. The van der Waals surface area contributed by atoms with Gasteiger partial charge in [-0.05, 0) is 18.1 Å². The van der Waals surface area contributed by atoms with Crippen LogP contribution in [0.2, 0.25) is 0 Å². The van der Waals surface area contributed by atoms with Crippen LogP contribution in [0.3, 0.4) is 0 Å². The Morgan fingerprint density at radius 2 is 2.00 bits per heavy atom. The molecule has 0 saturated heterocycles. The van der Waals surface area contributed by atoms with E-state index in [1.165, 1.54) is 0 Å². The molecular formula is C19H25N5O2. The second-order valence-corrected chi connectivity index (χ2v) is 6.92. The maximum absolute atomic E-state index is 12.4. The topological polar surface area (TPSA) is 93.2 Å². The lowest BCUT2D eigenvalue weighted by Crippen LogP contribution is -2.48. The van der Waals surface area contributed by atoms with Gasteiger partial charge in [0.05, 0.1) is 30.2 Å². The zero-order chi connectivity index (χ0) is 18.7. The number of aromatic nitrogens is 2. The van der Waals surface area contributed by atoms with Gasteiger partial charge >= 0.3 is 0 Å². The summed E-state index contributed by atoms with van der Waals surface area (Å²) in [5.74, 6) is -0.359. The Hall–Kier alpha value is -2.67. The van der Waals surface area contributed by atoms with Crippen molar-refractivity contribution in [1.82, 2.24) is 20.0 Å². The van der Waals surface area contributed by atoms with Crippen molar-refractivity contribution in [1.29, 1.82) is 0 Å². The summed E-state index contributed by atoms with van der Waals surface area (Å²) in [5.41, 5.74) is 8.99. The highest BCUT2D eigenvalue weighted by molar-refractivity contribution is 5.87. The van der Waals surface area contributed by atoms with Crippen molar-refractivity contribution in [2.75, 3.05) is 13.1 Å². The fourth-order valence-electron chi connectivity index (χ4n) is 3.03. The van der Waals surface area contributed by atoms with Crippen LogP contribution in [0, 0.1) is 5.92 Å². The Morgan fingerprint density at radius 3 is 2.69 bits per heavy atom. The Kier molecular flexibility index (Phi) is 5.37. The number of amides is 2. The number of nitrogens with two attached hydrogens (primary N) is 1. The number of para-hydroxylation sites is 1. The Balaban J connectivity index is 1.61. The number of nitrogens with zero attached hydrogens (tertiary/aromatic N) is 3. The number of carbonyl (C=O) groups excluding carboxylic acids is 2. The highest BCUT2D eigenvalue weighted by Gasteiger charge is 2.25. The summed E-state index contributed by atoms with van der Waals surface area (Å²) in [5, 5.41) is 7.11. The third-order valence-corrected chi connectivity index (χ3v) is 4.72. The molecule has 138 valence electrons. The van der Waals surface area contributed by atoms with E-state index in [0.717, 1.165) is 23.4 Å². The first kappa shape index (κ1) is 18.1. The van der Waals surface area contributed by atoms with Gasteiger partial charge in [-0.15, -0.1) is 0 Å². The van der Waals surface area contributed by atoms with E-state index in [1.807, 2.05) is 55.1 Å². The first-order chi connectivity index (χ1) is 12.5. The van der Waals surface area contributed by atoms with E-state index >= 15 is 0 Å². The summed E-state index contributed by atoms with van der Waals surface area (Å²) in [7, 11) is 0. The van der Waals surface area contributed by atoms with Gasteiger partial charge in [0.25, 0.3) is 0 Å². The van der Waals surface area contributed by atoms with Crippen molar-refractivity contribution in [3.05, 3.63) is 47.8 Å². The molecule has 1 aromatic carbocycles. The van der Waals surface area contributed by atoms with Crippen LogP contribution in [0.4, 0.5) is 0 Å². The van der Waals surface area contributed by atoms with Gasteiger partial charge in [-0.2, -0.15) is 5.10 Å². The third kappa shape index (κ3) is 3.77. The van der Waals surface area contributed by atoms with Crippen molar-refractivity contribution in [3.63, 3.8) is 0 Å². The molecule has 3 N–H and O–H groups in total. The second-order valence-electron chi connectivity index (χ2n) is 6.92. The average molecular weight is 355 g/mol. The van der Waals surface area contributed by atoms with Crippen LogP contribution in [-0.2, 0) is 22.6 Å². The molecule has 7 heteroatoms. The first-order valence-corrected chi connectivity index (χ1v) is 8.89. The molecule has 0 bridgehead atoms. The molecule has 1 aliphatic rings. The van der Waals surface area contributed by atoms with Gasteiger partial charge in [0.1, 0.15) is 0 Å². The van der Waals surface area contributed by atoms with Gasteiger partial charge in [0, 0.05) is 25.1 Å². The van der Waals surface area contributed by atoms with Crippen LogP contribution in [0.5, 0.6) is 0 Å². The van der Waals surface area contributed by atoms with Crippen LogP contribution in [0.15, 0.2) is 36.5 Å². The average Bonchev–Trinajstić information content (AvgIpc) is 3.08. The minimum Gasteiger partial charge on any atom is -0.346 e. The smallest absolute Gasteiger partial charge is 0.242 e. The molecule has 26 heavy (non-hydrogen) atoms. The maximum atomic E-state index is 12.4. The lowest BCUT2D eigenvalue weighted by Gasteiger charge is -2.28. The summed E-state index contributed by atoms with van der Waals surface area (Å²) in [6, 6.07) is 9.36. The van der Waals surface area contributed by atoms with Crippen LogP contribution < -0.4 is 11.1 Å². The lowest BCUT2D eigenvalue weighted by molar-refractivity contribution is -0.134. The van der Waals surface area contributed by atoms with Crippen molar-refractivity contribution in [2.45, 2.75) is 32.9 Å². The van der Waals surface area contributed by atoms with Crippen LogP contribution in [0.1, 0.15) is 25.1 Å².